The number of allylic oxidation sites excluding steroid dienone is 1. The summed E-state index contributed by atoms with van der Waals surface area (Å²) >= 11 is 0. The van der Waals surface area contributed by atoms with Gasteiger partial charge < -0.3 is 15.2 Å². The van der Waals surface area contributed by atoms with Crippen molar-refractivity contribution >= 4 is 17.2 Å². The number of nitrogens with zero attached hydrogens (tertiary/aromatic N) is 2. The summed E-state index contributed by atoms with van der Waals surface area (Å²) in [6, 6.07) is 14.0. The van der Waals surface area contributed by atoms with E-state index in [4.69, 9.17) is 4.74 Å². The summed E-state index contributed by atoms with van der Waals surface area (Å²) in [6.45, 7) is 10.9. The molecule has 32 heavy (non-hydrogen) atoms. The molecule has 6 nitrogen and oxygen atoms in total. The molecule has 1 aliphatic rings. The van der Waals surface area contributed by atoms with Crippen molar-refractivity contribution in [2.24, 2.45) is 0 Å². The third-order valence-corrected chi connectivity index (χ3v) is 5.59. The first-order valence-corrected chi connectivity index (χ1v) is 10.9. The number of carbonyl (C=O) groups excluding carboxylic acids is 1. The molecular weight excluding hydrogens is 409 g/mol. The first kappa shape index (κ1) is 23.9. The van der Waals surface area contributed by atoms with Crippen molar-refractivity contribution in [3.63, 3.8) is 0 Å². The van der Waals surface area contributed by atoms with E-state index in [-0.39, 0.29) is 24.3 Å². The van der Waals surface area contributed by atoms with Crippen LogP contribution in [0.2, 0.25) is 0 Å². The van der Waals surface area contributed by atoms with Gasteiger partial charge in [0, 0.05) is 43.5 Å². The van der Waals surface area contributed by atoms with Crippen LogP contribution in [-0.4, -0.2) is 72.3 Å². The Labute approximate surface area is 189 Å². The van der Waals surface area contributed by atoms with Crippen LogP contribution in [0.1, 0.15) is 19.4 Å². The lowest BCUT2D eigenvalue weighted by molar-refractivity contribution is -0.118. The topological polar surface area (TPSA) is 65.0 Å². The van der Waals surface area contributed by atoms with E-state index in [1.54, 1.807) is 18.2 Å². The molecule has 2 atom stereocenters. The molecule has 1 heterocycles. The van der Waals surface area contributed by atoms with Gasteiger partial charge in [0.05, 0.1) is 6.54 Å². The number of ether oxygens (including phenoxy) is 1. The minimum absolute atomic E-state index is 0.0262. The second kappa shape index (κ2) is 11.2. The van der Waals surface area contributed by atoms with Crippen molar-refractivity contribution in [2.45, 2.75) is 26.0 Å². The molecule has 2 aromatic rings. The fourth-order valence-corrected chi connectivity index (χ4v) is 3.91. The first-order valence-electron chi connectivity index (χ1n) is 10.9. The fourth-order valence-electron chi connectivity index (χ4n) is 3.91. The summed E-state index contributed by atoms with van der Waals surface area (Å²) in [7, 11) is 0. The lowest BCUT2D eigenvalue weighted by Crippen LogP contribution is -2.55. The molecule has 2 N–H and O–H groups in total. The molecule has 0 radical (unpaired) electrons. The quantitative estimate of drug-likeness (QED) is 0.626. The van der Waals surface area contributed by atoms with Crippen molar-refractivity contribution < 1.29 is 19.0 Å². The summed E-state index contributed by atoms with van der Waals surface area (Å²) in [5, 5.41) is 13.3. The normalized spacial score (nSPS) is 18.2. The maximum Gasteiger partial charge on any atom is 0.238 e. The number of carbonyl (C=O) groups is 1. The predicted molar refractivity (Wildman–Crippen MR) is 125 cm³/mol. The Morgan fingerprint density at radius 1 is 1.25 bits per heavy atom. The Bertz CT molecular complexity index is 936. The van der Waals surface area contributed by atoms with E-state index in [1.807, 2.05) is 31.2 Å². The van der Waals surface area contributed by atoms with Gasteiger partial charge in [-0.15, -0.1) is 0 Å². The second-order valence-electron chi connectivity index (χ2n) is 8.35. The lowest BCUT2D eigenvalue weighted by atomic mass is 10.1. The van der Waals surface area contributed by atoms with E-state index < -0.39 is 11.9 Å². The molecular formula is C25H32FN3O3. The highest BCUT2D eigenvalue weighted by Gasteiger charge is 2.26. The highest BCUT2D eigenvalue weighted by Crippen LogP contribution is 2.22. The Morgan fingerprint density at radius 2 is 1.97 bits per heavy atom. The van der Waals surface area contributed by atoms with Crippen LogP contribution in [0.25, 0.3) is 5.57 Å². The summed E-state index contributed by atoms with van der Waals surface area (Å²) in [6.07, 6.45) is -0.731. The van der Waals surface area contributed by atoms with Crippen LogP contribution >= 0.6 is 0 Å². The van der Waals surface area contributed by atoms with Crippen molar-refractivity contribution in [1.29, 1.82) is 0 Å². The molecule has 0 spiro atoms. The predicted octanol–water partition coefficient (Wildman–Crippen LogP) is 3.24. The van der Waals surface area contributed by atoms with Crippen LogP contribution in [0.4, 0.5) is 10.1 Å². The molecule has 172 valence electrons. The number of nitrogens with one attached hydrogen (secondary N) is 1. The van der Waals surface area contributed by atoms with Gasteiger partial charge in [-0.3, -0.25) is 14.6 Å². The number of anilines is 1. The third-order valence-electron chi connectivity index (χ3n) is 5.59. The van der Waals surface area contributed by atoms with Crippen LogP contribution in [0, 0.1) is 5.82 Å². The first-order chi connectivity index (χ1) is 15.3. The number of aliphatic hydroxyl groups excluding tert-OH is 1. The number of aliphatic hydroxyl groups is 1. The molecule has 2 aromatic carbocycles. The number of amides is 1. The number of benzene rings is 2. The van der Waals surface area contributed by atoms with Gasteiger partial charge in [-0.2, -0.15) is 0 Å². The molecule has 1 aliphatic heterocycles. The summed E-state index contributed by atoms with van der Waals surface area (Å²) < 4.78 is 19.1. The number of rotatable bonds is 9. The Hall–Kier alpha value is -2.74. The van der Waals surface area contributed by atoms with Gasteiger partial charge in [-0.05, 0) is 37.6 Å². The van der Waals surface area contributed by atoms with Crippen molar-refractivity contribution in [2.75, 3.05) is 44.6 Å². The molecule has 0 saturated carbocycles. The van der Waals surface area contributed by atoms with Crippen LogP contribution in [0.3, 0.4) is 0 Å². The Kier molecular flexibility index (Phi) is 8.39. The van der Waals surface area contributed by atoms with E-state index in [0.29, 0.717) is 13.1 Å². The van der Waals surface area contributed by atoms with Crippen molar-refractivity contribution in [3.05, 3.63) is 66.5 Å². The Balaban J connectivity index is 1.44. The van der Waals surface area contributed by atoms with Gasteiger partial charge in [0.25, 0.3) is 0 Å². The number of piperazine rings is 1. The fraction of sp³-hybridized carbons (Fsp3) is 0.400. The zero-order valence-electron chi connectivity index (χ0n) is 18.8. The highest BCUT2D eigenvalue weighted by molar-refractivity contribution is 5.95. The van der Waals surface area contributed by atoms with Crippen LogP contribution in [-0.2, 0) is 4.79 Å². The number of hydrogen-bond donors (Lipinski definition) is 2. The minimum Gasteiger partial charge on any atom is -0.488 e. The summed E-state index contributed by atoms with van der Waals surface area (Å²) in [4.78, 5) is 16.9. The largest absolute Gasteiger partial charge is 0.488 e. The summed E-state index contributed by atoms with van der Waals surface area (Å²) in [5.74, 6) is -0.354. The van der Waals surface area contributed by atoms with Crippen molar-refractivity contribution in [1.82, 2.24) is 9.80 Å². The number of hydrogen-bond acceptors (Lipinski definition) is 5. The maximum atomic E-state index is 13.6. The molecule has 1 saturated heterocycles. The van der Waals surface area contributed by atoms with E-state index >= 15 is 0 Å². The van der Waals surface area contributed by atoms with Crippen molar-refractivity contribution in [3.8, 4) is 5.75 Å². The number of para-hydroxylation sites is 2. The molecule has 0 aliphatic carbocycles. The monoisotopic (exact) mass is 441 g/mol. The SMILES string of the molecule is C=C(C)c1ccccc1NC(=O)CN1CCN(C[C@H](O)COc2ccccc2F)[C@@H](C)C1. The van der Waals surface area contributed by atoms with Gasteiger partial charge in [0.2, 0.25) is 5.91 Å². The zero-order valence-corrected chi connectivity index (χ0v) is 18.8. The van der Waals surface area contributed by atoms with Gasteiger partial charge in [0.1, 0.15) is 12.7 Å². The standard InChI is InChI=1S/C25H32FN3O3/c1-18(2)21-8-4-6-10-23(21)27-25(31)16-28-12-13-29(19(3)14-28)15-20(30)17-32-24-11-7-5-9-22(24)26/h4-11,19-20,30H,1,12-17H2,2-3H3,(H,27,31)/t19-,20-/m0/s1. The minimum atomic E-state index is -0.731. The zero-order chi connectivity index (χ0) is 23.1. The van der Waals surface area contributed by atoms with E-state index in [0.717, 1.165) is 36.5 Å². The smallest absolute Gasteiger partial charge is 0.238 e. The van der Waals surface area contributed by atoms with Gasteiger partial charge in [0.15, 0.2) is 11.6 Å². The molecule has 7 heteroatoms. The van der Waals surface area contributed by atoms with Gasteiger partial charge in [-0.1, -0.05) is 36.9 Å². The van der Waals surface area contributed by atoms with Gasteiger partial charge in [-0.25, -0.2) is 4.39 Å². The van der Waals surface area contributed by atoms with Crippen LogP contribution in [0.5, 0.6) is 5.75 Å². The van der Waals surface area contributed by atoms with Crippen LogP contribution in [0.15, 0.2) is 55.1 Å². The maximum absolute atomic E-state index is 13.6. The van der Waals surface area contributed by atoms with E-state index in [9.17, 15) is 14.3 Å². The average Bonchev–Trinajstić information content (AvgIpc) is 2.75. The molecule has 1 fully saturated rings. The molecule has 1 amide bonds. The highest BCUT2D eigenvalue weighted by atomic mass is 19.1. The second-order valence-corrected chi connectivity index (χ2v) is 8.35. The number of β-amino-alcohol motifs (C(OH)–C–C–N with tert-alkyl or cyclic N) is 1. The molecule has 0 bridgehead atoms. The molecule has 0 unspecified atom stereocenters. The molecule has 0 aromatic heterocycles. The van der Waals surface area contributed by atoms with E-state index in [1.165, 1.54) is 6.07 Å². The third kappa shape index (κ3) is 6.63. The van der Waals surface area contributed by atoms with Gasteiger partial charge >= 0.3 is 0 Å². The number of halogens is 1. The lowest BCUT2D eigenvalue weighted by Gasteiger charge is -2.40. The average molecular weight is 442 g/mol. The van der Waals surface area contributed by atoms with Crippen LogP contribution < -0.4 is 10.1 Å². The van der Waals surface area contributed by atoms with E-state index in [2.05, 4.69) is 28.6 Å². The Morgan fingerprint density at radius 3 is 2.69 bits per heavy atom. The summed E-state index contributed by atoms with van der Waals surface area (Å²) in [5.41, 5.74) is 2.61. The molecule has 3 rings (SSSR count).